The summed E-state index contributed by atoms with van der Waals surface area (Å²) in [4.78, 5) is 31.8. The number of carbonyl (C=O) groups excluding carboxylic acids is 1. The minimum Gasteiger partial charge on any atom is -0.491 e. The van der Waals surface area contributed by atoms with Gasteiger partial charge in [-0.1, -0.05) is 16.8 Å². The summed E-state index contributed by atoms with van der Waals surface area (Å²) in [6.07, 6.45) is 4.85. The Bertz CT molecular complexity index is 1380. The number of pyridine rings is 1. The van der Waals surface area contributed by atoms with E-state index in [1.54, 1.807) is 58.4 Å². The monoisotopic (exact) mass is 465 g/mol. The first-order valence-electron chi connectivity index (χ1n) is 10.4. The van der Waals surface area contributed by atoms with Crippen molar-refractivity contribution in [3.05, 3.63) is 81.9 Å². The Morgan fingerprint density at radius 1 is 1.15 bits per heavy atom. The number of aryl methyl sites for hydroxylation is 1. The molecule has 1 aromatic carbocycles. The lowest BCUT2D eigenvalue weighted by Gasteiger charge is -2.29. The molecule has 4 aromatic rings. The number of benzene rings is 1. The Balaban J connectivity index is 1.30. The molecule has 4 heterocycles. The van der Waals surface area contributed by atoms with Gasteiger partial charge in [0.15, 0.2) is 0 Å². The number of imidazole rings is 1. The van der Waals surface area contributed by atoms with Gasteiger partial charge in [0.1, 0.15) is 35.7 Å². The standard InChI is InChI=1S/C23H20ClN5O4/c1-15-13-28(14-25-15)19-3-4-20-22(30)27(7-8-29(20)23(19)31)9-11-32-21-5-2-16(24)12-17(21)18-6-10-33-26-18/h2-6,10,12-14H,7-9,11H2,1H3. The van der Waals surface area contributed by atoms with Gasteiger partial charge in [0.05, 0.1) is 18.6 Å². The fourth-order valence-electron chi connectivity index (χ4n) is 3.87. The molecule has 0 aliphatic carbocycles. The maximum Gasteiger partial charge on any atom is 0.275 e. The van der Waals surface area contributed by atoms with Crippen LogP contribution in [0.4, 0.5) is 0 Å². The first kappa shape index (κ1) is 21.0. The van der Waals surface area contributed by atoms with Crippen LogP contribution >= 0.6 is 11.6 Å². The summed E-state index contributed by atoms with van der Waals surface area (Å²) in [6, 6.07) is 10.3. The van der Waals surface area contributed by atoms with Crippen LogP contribution in [0.2, 0.25) is 5.02 Å². The van der Waals surface area contributed by atoms with Crippen molar-refractivity contribution in [2.45, 2.75) is 13.5 Å². The molecule has 0 bridgehead atoms. The number of carbonyl (C=O) groups is 1. The summed E-state index contributed by atoms with van der Waals surface area (Å²) in [5.74, 6) is 0.387. The number of hydrogen-bond donors (Lipinski definition) is 0. The number of hydrogen-bond acceptors (Lipinski definition) is 6. The molecule has 1 amide bonds. The zero-order valence-electron chi connectivity index (χ0n) is 17.8. The quantitative estimate of drug-likeness (QED) is 0.434. The van der Waals surface area contributed by atoms with Gasteiger partial charge in [-0.15, -0.1) is 0 Å². The molecule has 9 nitrogen and oxygen atoms in total. The van der Waals surface area contributed by atoms with Crippen LogP contribution in [-0.2, 0) is 6.54 Å². The van der Waals surface area contributed by atoms with Crippen molar-refractivity contribution in [3.63, 3.8) is 0 Å². The van der Waals surface area contributed by atoms with Gasteiger partial charge >= 0.3 is 0 Å². The molecule has 0 radical (unpaired) electrons. The van der Waals surface area contributed by atoms with Gasteiger partial charge < -0.3 is 23.3 Å². The van der Waals surface area contributed by atoms with Crippen LogP contribution in [0.25, 0.3) is 16.9 Å². The largest absolute Gasteiger partial charge is 0.491 e. The average molecular weight is 466 g/mol. The molecule has 5 rings (SSSR count). The lowest BCUT2D eigenvalue weighted by molar-refractivity contribution is 0.0673. The van der Waals surface area contributed by atoms with Crippen LogP contribution in [0.1, 0.15) is 16.2 Å². The highest BCUT2D eigenvalue weighted by Gasteiger charge is 2.26. The van der Waals surface area contributed by atoms with Gasteiger partial charge in [-0.3, -0.25) is 9.59 Å². The maximum absolute atomic E-state index is 13.0. The smallest absolute Gasteiger partial charge is 0.275 e. The Kier molecular flexibility index (Phi) is 5.47. The molecule has 0 atom stereocenters. The van der Waals surface area contributed by atoms with Crippen LogP contribution in [0.15, 0.2) is 64.5 Å². The molecule has 33 heavy (non-hydrogen) atoms. The third kappa shape index (κ3) is 4.03. The summed E-state index contributed by atoms with van der Waals surface area (Å²) in [7, 11) is 0. The van der Waals surface area contributed by atoms with E-state index in [4.69, 9.17) is 20.9 Å². The highest BCUT2D eigenvalue weighted by molar-refractivity contribution is 6.30. The number of aromatic nitrogens is 4. The highest BCUT2D eigenvalue weighted by atomic mass is 35.5. The molecular weight excluding hydrogens is 446 g/mol. The van der Waals surface area contributed by atoms with Gasteiger partial charge in [0, 0.05) is 35.9 Å². The molecule has 0 saturated carbocycles. The van der Waals surface area contributed by atoms with Crippen LogP contribution < -0.4 is 10.3 Å². The van der Waals surface area contributed by atoms with Crippen LogP contribution in [0.5, 0.6) is 5.75 Å². The van der Waals surface area contributed by atoms with Gasteiger partial charge in [0.2, 0.25) is 0 Å². The average Bonchev–Trinajstić information content (AvgIpc) is 3.49. The third-order valence-electron chi connectivity index (χ3n) is 5.52. The van der Waals surface area contributed by atoms with Crippen molar-refractivity contribution in [3.8, 4) is 22.7 Å². The van der Waals surface area contributed by atoms with Crippen molar-refractivity contribution in [1.29, 1.82) is 0 Å². The summed E-state index contributed by atoms with van der Waals surface area (Å²) < 4.78 is 14.1. The number of nitrogens with zero attached hydrogens (tertiary/aromatic N) is 5. The Hall–Kier alpha value is -3.85. The van der Waals surface area contributed by atoms with Gasteiger partial charge in [0.25, 0.3) is 11.5 Å². The zero-order valence-corrected chi connectivity index (χ0v) is 18.5. The molecule has 0 fully saturated rings. The third-order valence-corrected chi connectivity index (χ3v) is 5.75. The highest BCUT2D eigenvalue weighted by Crippen LogP contribution is 2.31. The Morgan fingerprint density at radius 2 is 2.03 bits per heavy atom. The number of fused-ring (bicyclic) bond motifs is 1. The minimum atomic E-state index is -0.215. The fourth-order valence-corrected chi connectivity index (χ4v) is 4.04. The molecule has 0 spiro atoms. The molecule has 168 valence electrons. The minimum absolute atomic E-state index is 0.205. The van der Waals surface area contributed by atoms with Crippen molar-refractivity contribution in [1.82, 2.24) is 24.2 Å². The van der Waals surface area contributed by atoms with Crippen molar-refractivity contribution >= 4 is 17.5 Å². The van der Waals surface area contributed by atoms with Crippen LogP contribution in [-0.4, -0.2) is 49.8 Å². The van der Waals surface area contributed by atoms with Gasteiger partial charge in [-0.2, -0.15) is 0 Å². The fraction of sp³-hybridized carbons (Fsp3) is 0.217. The van der Waals surface area contributed by atoms with Crippen molar-refractivity contribution < 1.29 is 14.1 Å². The van der Waals surface area contributed by atoms with Crippen LogP contribution in [0, 0.1) is 6.92 Å². The predicted molar refractivity (Wildman–Crippen MR) is 121 cm³/mol. The van der Waals surface area contributed by atoms with Crippen molar-refractivity contribution in [2.75, 3.05) is 19.7 Å². The molecule has 10 heteroatoms. The second kappa shape index (κ2) is 8.59. The topological polar surface area (TPSA) is 95.4 Å². The lowest BCUT2D eigenvalue weighted by atomic mass is 10.1. The molecule has 3 aromatic heterocycles. The Labute approximate surface area is 193 Å². The predicted octanol–water partition coefficient (Wildman–Crippen LogP) is 3.19. The van der Waals surface area contributed by atoms with Crippen molar-refractivity contribution in [2.24, 2.45) is 0 Å². The second-order valence-corrected chi connectivity index (χ2v) is 8.09. The van der Waals surface area contributed by atoms with E-state index in [0.717, 1.165) is 5.69 Å². The lowest BCUT2D eigenvalue weighted by Crippen LogP contribution is -2.46. The van der Waals surface area contributed by atoms with Crippen LogP contribution in [0.3, 0.4) is 0 Å². The van der Waals surface area contributed by atoms with E-state index in [-0.39, 0.29) is 18.1 Å². The second-order valence-electron chi connectivity index (χ2n) is 7.65. The number of ether oxygens (including phenoxy) is 1. The number of rotatable bonds is 6. The van der Waals surface area contributed by atoms with Gasteiger partial charge in [-0.25, -0.2) is 4.98 Å². The first-order valence-corrected chi connectivity index (χ1v) is 10.8. The Morgan fingerprint density at radius 3 is 2.79 bits per heavy atom. The van der Waals surface area contributed by atoms with E-state index < -0.39 is 0 Å². The molecule has 1 aliphatic rings. The summed E-state index contributed by atoms with van der Waals surface area (Å²) in [5, 5.41) is 4.50. The van der Waals surface area contributed by atoms with E-state index in [1.807, 2.05) is 6.92 Å². The summed E-state index contributed by atoms with van der Waals surface area (Å²) in [5.41, 5.74) is 2.74. The maximum atomic E-state index is 13.0. The number of amides is 1. The van der Waals surface area contributed by atoms with E-state index in [0.29, 0.717) is 53.0 Å². The summed E-state index contributed by atoms with van der Waals surface area (Å²) >= 11 is 6.12. The SMILES string of the molecule is Cc1cn(-c2ccc3n(c2=O)CCN(CCOc2ccc(Cl)cc2-c2ccon2)C3=O)cn1. The number of halogens is 1. The van der Waals surface area contributed by atoms with E-state index in [9.17, 15) is 9.59 Å². The molecule has 0 N–H and O–H groups in total. The zero-order chi connectivity index (χ0) is 22.9. The molecule has 0 saturated heterocycles. The summed E-state index contributed by atoms with van der Waals surface area (Å²) in [6.45, 7) is 3.32. The van der Waals surface area contributed by atoms with E-state index in [2.05, 4.69) is 10.1 Å². The van der Waals surface area contributed by atoms with E-state index >= 15 is 0 Å². The molecular formula is C23H20ClN5O4. The van der Waals surface area contributed by atoms with Gasteiger partial charge in [-0.05, 0) is 37.3 Å². The normalized spacial score (nSPS) is 13.3. The van der Waals surface area contributed by atoms with E-state index in [1.165, 1.54) is 10.8 Å². The molecule has 1 aliphatic heterocycles. The first-order chi connectivity index (χ1) is 16.0. The molecule has 0 unspecified atom stereocenters.